The first-order valence-electron chi connectivity index (χ1n) is 5.29. The van der Waals surface area contributed by atoms with Gasteiger partial charge in [-0.3, -0.25) is 4.68 Å². The first-order valence-corrected chi connectivity index (χ1v) is 5.29. The normalized spacial score (nSPS) is 10.4. The molecule has 2 rings (SSSR count). The highest BCUT2D eigenvalue weighted by atomic mass is 15.3. The third-order valence-electron chi connectivity index (χ3n) is 2.35. The Bertz CT molecular complexity index is 489. The molecule has 0 atom stereocenters. The van der Waals surface area contributed by atoms with Crippen molar-refractivity contribution in [3.8, 4) is 11.3 Å². The molecular formula is C11H15N5. The van der Waals surface area contributed by atoms with Crippen LogP contribution in [0.4, 0.5) is 5.82 Å². The lowest BCUT2D eigenvalue weighted by atomic mass is 10.2. The van der Waals surface area contributed by atoms with Crippen LogP contribution in [0.5, 0.6) is 0 Å². The fraction of sp³-hybridized carbons (Fsp3) is 0.364. The summed E-state index contributed by atoms with van der Waals surface area (Å²) in [4.78, 5) is 8.65. The van der Waals surface area contributed by atoms with Gasteiger partial charge in [-0.1, -0.05) is 0 Å². The molecule has 0 radical (unpaired) electrons. The van der Waals surface area contributed by atoms with E-state index in [0.29, 0.717) is 0 Å². The van der Waals surface area contributed by atoms with Gasteiger partial charge >= 0.3 is 0 Å². The Morgan fingerprint density at radius 3 is 2.81 bits per heavy atom. The van der Waals surface area contributed by atoms with Gasteiger partial charge in [0.15, 0.2) is 0 Å². The standard InChI is InChI=1S/C11H15N5/c1-4-16-7-9(6-13-16)10-5-11(12-3)15-8(2)14-10/h5-7H,4H2,1-3H3,(H,12,14,15). The van der Waals surface area contributed by atoms with E-state index >= 15 is 0 Å². The highest BCUT2D eigenvalue weighted by Gasteiger charge is 2.05. The molecule has 0 aliphatic rings. The second-order valence-electron chi connectivity index (χ2n) is 3.52. The molecule has 0 unspecified atom stereocenters. The van der Waals surface area contributed by atoms with Crippen molar-refractivity contribution in [1.82, 2.24) is 19.7 Å². The molecule has 84 valence electrons. The molecule has 2 aromatic rings. The predicted molar refractivity (Wildman–Crippen MR) is 63.2 cm³/mol. The summed E-state index contributed by atoms with van der Waals surface area (Å²) in [6, 6.07) is 1.92. The maximum Gasteiger partial charge on any atom is 0.130 e. The Kier molecular flexibility index (Phi) is 2.85. The SMILES string of the molecule is CCn1cc(-c2cc(NC)nc(C)n2)cn1. The molecule has 16 heavy (non-hydrogen) atoms. The van der Waals surface area contributed by atoms with E-state index in [9.17, 15) is 0 Å². The molecule has 0 aliphatic heterocycles. The summed E-state index contributed by atoms with van der Waals surface area (Å²) < 4.78 is 1.88. The number of aromatic nitrogens is 4. The van der Waals surface area contributed by atoms with Gasteiger partial charge in [0.1, 0.15) is 11.6 Å². The number of hydrogen-bond donors (Lipinski definition) is 1. The van der Waals surface area contributed by atoms with E-state index < -0.39 is 0 Å². The zero-order chi connectivity index (χ0) is 11.5. The molecule has 0 saturated carbocycles. The Balaban J connectivity index is 2.42. The van der Waals surface area contributed by atoms with E-state index in [2.05, 4.69) is 27.3 Å². The first kappa shape index (κ1) is 10.6. The second-order valence-corrected chi connectivity index (χ2v) is 3.52. The zero-order valence-electron chi connectivity index (χ0n) is 9.73. The van der Waals surface area contributed by atoms with Crippen molar-refractivity contribution in [3.05, 3.63) is 24.3 Å². The monoisotopic (exact) mass is 217 g/mol. The molecule has 0 amide bonds. The van der Waals surface area contributed by atoms with Crippen LogP contribution in [0, 0.1) is 6.92 Å². The lowest BCUT2D eigenvalue weighted by molar-refractivity contribution is 0.660. The third-order valence-corrected chi connectivity index (χ3v) is 2.35. The van der Waals surface area contributed by atoms with Crippen molar-refractivity contribution < 1.29 is 0 Å². The number of hydrogen-bond acceptors (Lipinski definition) is 4. The Morgan fingerprint density at radius 1 is 1.38 bits per heavy atom. The molecule has 5 nitrogen and oxygen atoms in total. The number of aryl methyl sites for hydroxylation is 2. The number of nitrogens with one attached hydrogen (secondary N) is 1. The molecule has 5 heteroatoms. The van der Waals surface area contributed by atoms with E-state index in [-0.39, 0.29) is 0 Å². The molecule has 0 spiro atoms. The first-order chi connectivity index (χ1) is 7.72. The fourth-order valence-corrected chi connectivity index (χ4v) is 1.51. The number of rotatable bonds is 3. The molecular weight excluding hydrogens is 202 g/mol. The van der Waals surface area contributed by atoms with Crippen LogP contribution in [0.1, 0.15) is 12.7 Å². The molecule has 2 heterocycles. The van der Waals surface area contributed by atoms with Gasteiger partial charge < -0.3 is 5.32 Å². The average Bonchev–Trinajstić information content (AvgIpc) is 2.76. The molecule has 0 saturated heterocycles. The quantitative estimate of drug-likeness (QED) is 0.850. The molecule has 0 aromatic carbocycles. The molecule has 1 N–H and O–H groups in total. The summed E-state index contributed by atoms with van der Waals surface area (Å²) >= 11 is 0. The van der Waals surface area contributed by atoms with Crippen LogP contribution in [0.25, 0.3) is 11.3 Å². The lowest BCUT2D eigenvalue weighted by Gasteiger charge is -2.03. The smallest absolute Gasteiger partial charge is 0.130 e. The van der Waals surface area contributed by atoms with Crippen LogP contribution in [-0.2, 0) is 6.54 Å². The van der Waals surface area contributed by atoms with Crippen molar-refractivity contribution in [3.63, 3.8) is 0 Å². The molecule has 0 fully saturated rings. The molecule has 0 bridgehead atoms. The highest BCUT2D eigenvalue weighted by molar-refractivity contribution is 5.60. The van der Waals surface area contributed by atoms with Gasteiger partial charge in [0.2, 0.25) is 0 Å². The van der Waals surface area contributed by atoms with Crippen molar-refractivity contribution in [1.29, 1.82) is 0 Å². The number of anilines is 1. The minimum Gasteiger partial charge on any atom is -0.373 e. The highest BCUT2D eigenvalue weighted by Crippen LogP contribution is 2.18. The van der Waals surface area contributed by atoms with Crippen LogP contribution in [0.3, 0.4) is 0 Å². The van der Waals surface area contributed by atoms with Gasteiger partial charge in [-0.25, -0.2) is 9.97 Å². The summed E-state index contributed by atoms with van der Waals surface area (Å²) in [6.45, 7) is 4.80. The van der Waals surface area contributed by atoms with Gasteiger partial charge in [-0.2, -0.15) is 5.10 Å². The van der Waals surface area contributed by atoms with Crippen molar-refractivity contribution in [2.75, 3.05) is 12.4 Å². The minimum atomic E-state index is 0.756. The van der Waals surface area contributed by atoms with Gasteiger partial charge in [0.25, 0.3) is 0 Å². The number of nitrogens with zero attached hydrogens (tertiary/aromatic N) is 4. The average molecular weight is 217 g/mol. The molecule has 2 aromatic heterocycles. The van der Waals surface area contributed by atoms with E-state index in [1.807, 2.05) is 37.1 Å². The van der Waals surface area contributed by atoms with Gasteiger partial charge in [-0.15, -0.1) is 0 Å². The van der Waals surface area contributed by atoms with E-state index in [1.54, 1.807) is 0 Å². The zero-order valence-corrected chi connectivity index (χ0v) is 9.73. The largest absolute Gasteiger partial charge is 0.373 e. The van der Waals surface area contributed by atoms with Crippen LogP contribution in [-0.4, -0.2) is 26.8 Å². The lowest BCUT2D eigenvalue weighted by Crippen LogP contribution is -1.97. The Hall–Kier alpha value is -1.91. The summed E-state index contributed by atoms with van der Waals surface area (Å²) in [7, 11) is 1.85. The minimum absolute atomic E-state index is 0.756. The summed E-state index contributed by atoms with van der Waals surface area (Å²) in [5.74, 6) is 1.58. The van der Waals surface area contributed by atoms with E-state index in [0.717, 1.165) is 29.4 Å². The topological polar surface area (TPSA) is 55.6 Å². The van der Waals surface area contributed by atoms with Crippen LogP contribution < -0.4 is 5.32 Å². The van der Waals surface area contributed by atoms with E-state index in [4.69, 9.17) is 0 Å². The summed E-state index contributed by atoms with van der Waals surface area (Å²) in [6.07, 6.45) is 3.81. The third kappa shape index (κ3) is 2.03. The Labute approximate surface area is 94.5 Å². The Morgan fingerprint density at radius 2 is 2.19 bits per heavy atom. The predicted octanol–water partition coefficient (Wildman–Crippen LogP) is 1.71. The summed E-state index contributed by atoms with van der Waals surface area (Å²) in [5.41, 5.74) is 1.92. The van der Waals surface area contributed by atoms with Crippen LogP contribution >= 0.6 is 0 Å². The van der Waals surface area contributed by atoms with E-state index in [1.165, 1.54) is 0 Å². The summed E-state index contributed by atoms with van der Waals surface area (Å²) in [5, 5.41) is 7.25. The molecule has 0 aliphatic carbocycles. The van der Waals surface area contributed by atoms with Gasteiger partial charge in [-0.05, 0) is 13.8 Å². The van der Waals surface area contributed by atoms with Crippen LogP contribution in [0.15, 0.2) is 18.5 Å². The van der Waals surface area contributed by atoms with Crippen LogP contribution in [0.2, 0.25) is 0 Å². The van der Waals surface area contributed by atoms with Crippen molar-refractivity contribution in [2.24, 2.45) is 0 Å². The maximum atomic E-state index is 4.40. The second kappa shape index (κ2) is 4.30. The van der Waals surface area contributed by atoms with Crippen molar-refractivity contribution >= 4 is 5.82 Å². The van der Waals surface area contributed by atoms with Gasteiger partial charge in [0.05, 0.1) is 11.9 Å². The van der Waals surface area contributed by atoms with Crippen molar-refractivity contribution in [2.45, 2.75) is 20.4 Å². The fourth-order valence-electron chi connectivity index (χ4n) is 1.51. The van der Waals surface area contributed by atoms with Gasteiger partial charge in [0, 0.05) is 31.4 Å². The maximum absolute atomic E-state index is 4.40.